The van der Waals surface area contributed by atoms with Gasteiger partial charge in [0.05, 0.1) is 11.1 Å². The molecule has 0 radical (unpaired) electrons. The molecule has 0 atom stereocenters. The van der Waals surface area contributed by atoms with E-state index >= 15 is 0 Å². The molecule has 0 spiro atoms. The summed E-state index contributed by atoms with van der Waals surface area (Å²) in [5.41, 5.74) is -1.85. The van der Waals surface area contributed by atoms with Crippen LogP contribution in [0.5, 0.6) is 0 Å². The normalized spacial score (nSPS) is 10.6. The number of aromatic carboxylic acids is 1. The summed E-state index contributed by atoms with van der Waals surface area (Å²) in [5, 5.41) is 7.52. The Morgan fingerprint density at radius 2 is 2.14 bits per heavy atom. The fourth-order valence-corrected chi connectivity index (χ4v) is 1.09. The number of nitrogens with zero attached hydrogens (tertiary/aromatic N) is 1. The molecule has 7 heteroatoms. The van der Waals surface area contributed by atoms with Crippen LogP contribution in [0.25, 0.3) is 0 Å². The fraction of sp³-hybridized carbons (Fsp3) is 0.143. The molecule has 0 saturated heterocycles. The lowest BCUT2D eigenvalue weighted by Gasteiger charge is -2.06. The zero-order valence-corrected chi connectivity index (χ0v) is 7.23. The molecule has 1 aromatic rings. The minimum Gasteiger partial charge on any atom is -0.478 e. The zero-order chi connectivity index (χ0) is 10.9. The van der Waals surface area contributed by atoms with E-state index in [1.165, 1.54) is 0 Å². The van der Waals surface area contributed by atoms with Crippen LogP contribution >= 0.6 is 11.6 Å². The van der Waals surface area contributed by atoms with Crippen LogP contribution in [-0.2, 0) is 0 Å². The summed E-state index contributed by atoms with van der Waals surface area (Å²) < 4.78 is 37.2. The molecule has 1 rings (SSSR count). The topological polar surface area (TPSA) is 50.2 Å². The molecule has 0 unspecified atom stereocenters. The molecule has 14 heavy (non-hydrogen) atoms. The highest BCUT2D eigenvalue weighted by Crippen LogP contribution is 2.31. The van der Waals surface area contributed by atoms with Crippen molar-refractivity contribution in [2.24, 2.45) is 0 Å². The van der Waals surface area contributed by atoms with Gasteiger partial charge in [0.25, 0.3) is 6.43 Å². The van der Waals surface area contributed by atoms with Crippen LogP contribution in [0.2, 0.25) is 5.02 Å². The van der Waals surface area contributed by atoms with Crippen LogP contribution in [-0.4, -0.2) is 16.1 Å². The third-order valence-corrected chi connectivity index (χ3v) is 1.82. The first-order chi connectivity index (χ1) is 6.45. The number of alkyl halides is 2. The highest BCUT2D eigenvalue weighted by molar-refractivity contribution is 6.31. The lowest BCUT2D eigenvalue weighted by Crippen LogP contribution is -2.06. The molecule has 1 heterocycles. The minimum absolute atomic E-state index is 0.505. The molecule has 0 aromatic carbocycles. The minimum atomic E-state index is -3.16. The zero-order valence-electron chi connectivity index (χ0n) is 6.47. The van der Waals surface area contributed by atoms with Crippen molar-refractivity contribution in [3.8, 4) is 0 Å². The van der Waals surface area contributed by atoms with Crippen LogP contribution < -0.4 is 0 Å². The van der Waals surface area contributed by atoms with Gasteiger partial charge in [0.15, 0.2) is 0 Å². The average Bonchev–Trinajstić information content (AvgIpc) is 2.08. The molecular weight excluding hydrogens is 223 g/mol. The first-order valence-corrected chi connectivity index (χ1v) is 3.68. The maximum absolute atomic E-state index is 12.6. The Bertz CT molecular complexity index is 383. The van der Waals surface area contributed by atoms with Gasteiger partial charge in [-0.2, -0.15) is 4.39 Å². The molecule has 1 aromatic heterocycles. The van der Waals surface area contributed by atoms with E-state index in [2.05, 4.69) is 4.98 Å². The number of hydrogen-bond donors (Lipinski definition) is 1. The second-order valence-electron chi connectivity index (χ2n) is 2.30. The number of pyridine rings is 1. The van der Waals surface area contributed by atoms with E-state index in [4.69, 9.17) is 16.7 Å². The van der Waals surface area contributed by atoms with E-state index in [0.29, 0.717) is 6.20 Å². The van der Waals surface area contributed by atoms with E-state index in [1.807, 2.05) is 0 Å². The van der Waals surface area contributed by atoms with Crippen molar-refractivity contribution in [3.63, 3.8) is 0 Å². The van der Waals surface area contributed by atoms with Gasteiger partial charge in [0.2, 0.25) is 5.95 Å². The maximum atomic E-state index is 12.6. The van der Waals surface area contributed by atoms with Gasteiger partial charge in [-0.25, -0.2) is 18.6 Å². The van der Waals surface area contributed by atoms with Crippen LogP contribution in [0.1, 0.15) is 22.3 Å². The Kier molecular flexibility index (Phi) is 2.95. The van der Waals surface area contributed by atoms with Gasteiger partial charge in [-0.1, -0.05) is 11.6 Å². The van der Waals surface area contributed by atoms with Crippen molar-refractivity contribution < 1.29 is 23.1 Å². The van der Waals surface area contributed by atoms with E-state index in [1.54, 1.807) is 0 Å². The van der Waals surface area contributed by atoms with Crippen LogP contribution in [0.3, 0.4) is 0 Å². The second kappa shape index (κ2) is 3.83. The van der Waals surface area contributed by atoms with Gasteiger partial charge in [0, 0.05) is 6.20 Å². The number of hydrogen-bond acceptors (Lipinski definition) is 2. The Labute approximate surface area is 81.1 Å². The summed E-state index contributed by atoms with van der Waals surface area (Å²) in [7, 11) is 0. The summed E-state index contributed by atoms with van der Waals surface area (Å²) in [5.74, 6) is -2.94. The van der Waals surface area contributed by atoms with Crippen LogP contribution in [0.4, 0.5) is 13.2 Å². The van der Waals surface area contributed by atoms with Crippen molar-refractivity contribution in [1.82, 2.24) is 4.98 Å². The Hall–Kier alpha value is -1.30. The predicted molar refractivity (Wildman–Crippen MR) is 41.1 cm³/mol. The number of halogens is 4. The standard InChI is InChI=1S/C7H3ClF3NO2/c8-4-3(5(9)10)2(7(13)14)1-12-6(4)11/h1,5H,(H,13,14). The third kappa shape index (κ3) is 1.79. The number of carboxylic acids is 1. The molecule has 0 fully saturated rings. The predicted octanol–water partition coefficient (Wildman–Crippen LogP) is 2.51. The summed E-state index contributed by atoms with van der Waals surface area (Å²) in [6, 6.07) is 0. The van der Waals surface area contributed by atoms with E-state index in [0.717, 1.165) is 0 Å². The van der Waals surface area contributed by atoms with Crippen molar-refractivity contribution in [2.45, 2.75) is 6.43 Å². The molecule has 1 N–H and O–H groups in total. The Morgan fingerprint density at radius 3 is 2.57 bits per heavy atom. The SMILES string of the molecule is O=C(O)c1cnc(F)c(Cl)c1C(F)F. The maximum Gasteiger partial charge on any atom is 0.337 e. The molecule has 0 aliphatic carbocycles. The average molecular weight is 226 g/mol. The third-order valence-electron chi connectivity index (χ3n) is 1.46. The smallest absolute Gasteiger partial charge is 0.337 e. The van der Waals surface area contributed by atoms with Gasteiger partial charge in [-0.15, -0.1) is 0 Å². The molecular formula is C7H3ClF3NO2. The largest absolute Gasteiger partial charge is 0.478 e. The van der Waals surface area contributed by atoms with Crippen molar-refractivity contribution in [2.75, 3.05) is 0 Å². The van der Waals surface area contributed by atoms with E-state index < -0.39 is 34.5 Å². The molecule has 76 valence electrons. The van der Waals surface area contributed by atoms with E-state index in [9.17, 15) is 18.0 Å². The molecule has 0 saturated carbocycles. The van der Waals surface area contributed by atoms with Crippen molar-refractivity contribution >= 4 is 17.6 Å². The summed E-state index contributed by atoms with van der Waals surface area (Å²) in [6.07, 6.45) is -2.66. The van der Waals surface area contributed by atoms with Gasteiger partial charge < -0.3 is 5.11 Å². The number of aromatic nitrogens is 1. The van der Waals surface area contributed by atoms with Gasteiger partial charge >= 0.3 is 5.97 Å². The van der Waals surface area contributed by atoms with Crippen molar-refractivity contribution in [1.29, 1.82) is 0 Å². The quantitative estimate of drug-likeness (QED) is 0.787. The highest BCUT2D eigenvalue weighted by Gasteiger charge is 2.24. The number of carboxylic acid groups (broad SMARTS) is 1. The van der Waals surface area contributed by atoms with Gasteiger partial charge in [-0.3, -0.25) is 0 Å². The van der Waals surface area contributed by atoms with Crippen LogP contribution in [0.15, 0.2) is 6.20 Å². The molecule has 0 aliphatic heterocycles. The summed E-state index contributed by atoms with van der Waals surface area (Å²) >= 11 is 5.16. The number of rotatable bonds is 2. The Balaban J connectivity index is 3.45. The Morgan fingerprint density at radius 1 is 1.57 bits per heavy atom. The van der Waals surface area contributed by atoms with Crippen molar-refractivity contribution in [3.05, 3.63) is 28.3 Å². The van der Waals surface area contributed by atoms with Gasteiger partial charge in [-0.05, 0) is 0 Å². The van der Waals surface area contributed by atoms with Gasteiger partial charge in [0.1, 0.15) is 5.02 Å². The van der Waals surface area contributed by atoms with Crippen LogP contribution in [0, 0.1) is 5.95 Å². The summed E-state index contributed by atoms with van der Waals surface area (Å²) in [4.78, 5) is 13.4. The van der Waals surface area contributed by atoms with E-state index in [-0.39, 0.29) is 0 Å². The fourth-order valence-electron chi connectivity index (χ4n) is 0.861. The molecule has 0 aliphatic rings. The highest BCUT2D eigenvalue weighted by atomic mass is 35.5. The lowest BCUT2D eigenvalue weighted by molar-refractivity contribution is 0.0683. The lowest BCUT2D eigenvalue weighted by atomic mass is 10.1. The number of carbonyl (C=O) groups is 1. The second-order valence-corrected chi connectivity index (χ2v) is 2.67. The monoisotopic (exact) mass is 225 g/mol. The molecule has 0 bridgehead atoms. The summed E-state index contributed by atoms with van der Waals surface area (Å²) in [6.45, 7) is 0. The molecule has 0 amide bonds. The first kappa shape index (κ1) is 10.8. The molecule has 3 nitrogen and oxygen atoms in total. The first-order valence-electron chi connectivity index (χ1n) is 3.30.